The quantitative estimate of drug-likeness (QED) is 0.259. The molecule has 0 aliphatic carbocycles. The van der Waals surface area contributed by atoms with Crippen molar-refractivity contribution >= 4 is 30.7 Å². The number of hydrogen-bond donors (Lipinski definition) is 4. The van der Waals surface area contributed by atoms with Crippen molar-refractivity contribution in [3.8, 4) is 28.6 Å². The SMILES string of the molecule is COc1ccc(CCNCC(O)COc2ccc(-c3nc(C(N)=O)c[nH]3)cc2)cc1OC.Cl.Cl.O. The highest BCUT2D eigenvalue weighted by molar-refractivity contribution is 5.91. The van der Waals surface area contributed by atoms with Gasteiger partial charge in [0, 0.05) is 18.3 Å². The van der Waals surface area contributed by atoms with Crippen LogP contribution in [0.2, 0.25) is 0 Å². The van der Waals surface area contributed by atoms with Crippen LogP contribution in [0.15, 0.2) is 48.7 Å². The molecule has 0 saturated heterocycles. The molecule has 0 saturated carbocycles. The summed E-state index contributed by atoms with van der Waals surface area (Å²) >= 11 is 0. The van der Waals surface area contributed by atoms with Crippen molar-refractivity contribution < 1.29 is 29.6 Å². The lowest BCUT2D eigenvalue weighted by molar-refractivity contribution is 0.0996. The maximum atomic E-state index is 11.1. The fraction of sp³-hybridized carbons (Fsp3) is 0.304. The van der Waals surface area contributed by atoms with Crippen molar-refractivity contribution in [3.63, 3.8) is 0 Å². The van der Waals surface area contributed by atoms with Gasteiger partial charge in [-0.15, -0.1) is 24.8 Å². The van der Waals surface area contributed by atoms with Gasteiger partial charge in [0.05, 0.1) is 14.2 Å². The number of H-pyrrole nitrogens is 1. The molecule has 0 radical (unpaired) electrons. The van der Waals surface area contributed by atoms with Gasteiger partial charge in [0.1, 0.15) is 30.0 Å². The van der Waals surface area contributed by atoms with E-state index < -0.39 is 12.0 Å². The number of nitrogens with one attached hydrogen (secondary N) is 2. The Hall–Kier alpha value is -3.02. The smallest absolute Gasteiger partial charge is 0.268 e. The lowest BCUT2D eigenvalue weighted by atomic mass is 10.1. The van der Waals surface area contributed by atoms with Crippen LogP contribution >= 0.6 is 24.8 Å². The van der Waals surface area contributed by atoms with Crippen molar-refractivity contribution in [3.05, 3.63) is 59.9 Å². The van der Waals surface area contributed by atoms with Gasteiger partial charge >= 0.3 is 0 Å². The van der Waals surface area contributed by atoms with Crippen LogP contribution in [0.4, 0.5) is 0 Å². The highest BCUT2D eigenvalue weighted by atomic mass is 35.5. The summed E-state index contributed by atoms with van der Waals surface area (Å²) in [5.41, 5.74) is 7.30. The summed E-state index contributed by atoms with van der Waals surface area (Å²) < 4.78 is 16.2. The largest absolute Gasteiger partial charge is 0.493 e. The topological polar surface area (TPSA) is 163 Å². The first-order valence-corrected chi connectivity index (χ1v) is 10.2. The molecule has 0 bridgehead atoms. The molecule has 0 fully saturated rings. The van der Waals surface area contributed by atoms with Gasteiger partial charge in [0.15, 0.2) is 11.5 Å². The number of halogens is 2. The Morgan fingerprint density at radius 1 is 1.11 bits per heavy atom. The molecule has 12 heteroatoms. The van der Waals surface area contributed by atoms with E-state index in [4.69, 9.17) is 19.9 Å². The minimum Gasteiger partial charge on any atom is -0.493 e. The average molecular weight is 531 g/mol. The van der Waals surface area contributed by atoms with Crippen LogP contribution in [0.5, 0.6) is 17.2 Å². The van der Waals surface area contributed by atoms with Crippen LogP contribution in [-0.2, 0) is 6.42 Å². The minimum atomic E-state index is -0.650. The van der Waals surface area contributed by atoms with E-state index in [2.05, 4.69) is 15.3 Å². The number of aliphatic hydroxyl groups excluding tert-OH is 1. The zero-order valence-corrected chi connectivity index (χ0v) is 21.1. The number of nitrogens with zero attached hydrogens (tertiary/aromatic N) is 1. The van der Waals surface area contributed by atoms with Gasteiger partial charge in [-0.3, -0.25) is 4.79 Å². The molecular weight excluding hydrogens is 499 g/mol. The van der Waals surface area contributed by atoms with Crippen molar-refractivity contribution in [2.24, 2.45) is 5.73 Å². The molecule has 35 heavy (non-hydrogen) atoms. The Labute approximate surface area is 216 Å². The highest BCUT2D eigenvalue weighted by Crippen LogP contribution is 2.27. The van der Waals surface area contributed by atoms with Gasteiger partial charge < -0.3 is 40.8 Å². The van der Waals surface area contributed by atoms with Crippen LogP contribution in [0.1, 0.15) is 16.1 Å². The molecule has 1 aromatic heterocycles. The summed E-state index contributed by atoms with van der Waals surface area (Å²) in [6.07, 6.45) is 1.61. The van der Waals surface area contributed by atoms with E-state index in [9.17, 15) is 9.90 Å². The van der Waals surface area contributed by atoms with Gasteiger partial charge in [-0.2, -0.15) is 0 Å². The maximum absolute atomic E-state index is 11.1. The fourth-order valence-corrected chi connectivity index (χ4v) is 3.09. The van der Waals surface area contributed by atoms with E-state index in [1.165, 1.54) is 6.20 Å². The van der Waals surface area contributed by atoms with Crippen molar-refractivity contribution in [1.29, 1.82) is 0 Å². The van der Waals surface area contributed by atoms with E-state index >= 15 is 0 Å². The molecule has 10 nitrogen and oxygen atoms in total. The van der Waals surface area contributed by atoms with Gasteiger partial charge in [-0.05, 0) is 54.9 Å². The number of imidazole rings is 1. The van der Waals surface area contributed by atoms with Crippen molar-refractivity contribution in [1.82, 2.24) is 15.3 Å². The Kier molecular flexibility index (Phi) is 14.4. The summed E-state index contributed by atoms with van der Waals surface area (Å²) in [7, 11) is 3.22. The number of aromatic nitrogens is 2. The van der Waals surface area contributed by atoms with Gasteiger partial charge in [-0.25, -0.2) is 4.98 Å². The van der Waals surface area contributed by atoms with E-state index in [1.54, 1.807) is 26.4 Å². The van der Waals surface area contributed by atoms with Crippen LogP contribution < -0.4 is 25.3 Å². The zero-order chi connectivity index (χ0) is 22.9. The normalized spacial score (nSPS) is 10.7. The van der Waals surface area contributed by atoms with E-state index in [0.29, 0.717) is 36.2 Å². The van der Waals surface area contributed by atoms with Crippen molar-refractivity contribution in [2.45, 2.75) is 12.5 Å². The number of benzene rings is 2. The molecule has 3 aromatic rings. The Morgan fingerprint density at radius 3 is 2.40 bits per heavy atom. The summed E-state index contributed by atoms with van der Waals surface area (Å²) in [6.45, 7) is 1.28. The lowest BCUT2D eigenvalue weighted by Gasteiger charge is -2.14. The number of carbonyl (C=O) groups excluding carboxylic acids is 1. The second-order valence-corrected chi connectivity index (χ2v) is 7.13. The van der Waals surface area contributed by atoms with E-state index in [0.717, 1.165) is 17.5 Å². The molecule has 1 atom stereocenters. The van der Waals surface area contributed by atoms with Crippen LogP contribution in [0, 0.1) is 0 Å². The lowest BCUT2D eigenvalue weighted by Crippen LogP contribution is -2.32. The van der Waals surface area contributed by atoms with Gasteiger partial charge in [0.2, 0.25) is 0 Å². The zero-order valence-electron chi connectivity index (χ0n) is 19.4. The Balaban J connectivity index is 0.00000385. The number of carbonyl (C=O) groups is 1. The predicted molar refractivity (Wildman–Crippen MR) is 138 cm³/mol. The molecule has 1 heterocycles. The molecule has 0 aliphatic rings. The maximum Gasteiger partial charge on any atom is 0.268 e. The summed E-state index contributed by atoms with van der Waals surface area (Å²) in [4.78, 5) is 18.2. The third kappa shape index (κ3) is 9.27. The van der Waals surface area contributed by atoms with Gasteiger partial charge in [-0.1, -0.05) is 6.07 Å². The third-order valence-corrected chi connectivity index (χ3v) is 4.82. The minimum absolute atomic E-state index is 0. The average Bonchev–Trinajstić information content (AvgIpc) is 3.31. The number of ether oxygens (including phenoxy) is 3. The summed E-state index contributed by atoms with van der Waals surface area (Å²) in [5, 5.41) is 13.4. The number of aromatic amines is 1. The number of rotatable bonds is 12. The number of aliphatic hydroxyl groups is 1. The second-order valence-electron chi connectivity index (χ2n) is 7.13. The number of nitrogens with two attached hydrogens (primary N) is 1. The summed E-state index contributed by atoms with van der Waals surface area (Å²) in [5.74, 6) is 1.98. The molecular formula is C23H32Cl2N4O6. The predicted octanol–water partition coefficient (Wildman–Crippen LogP) is 1.78. The van der Waals surface area contributed by atoms with Crippen LogP contribution in [-0.4, -0.2) is 66.5 Å². The first kappa shape index (κ1) is 32.0. The molecule has 2 aromatic carbocycles. The molecule has 0 aliphatic heterocycles. The van der Waals surface area contributed by atoms with Crippen LogP contribution in [0.3, 0.4) is 0 Å². The number of amides is 1. The monoisotopic (exact) mass is 530 g/mol. The number of hydrogen-bond acceptors (Lipinski definition) is 7. The molecule has 194 valence electrons. The molecule has 1 unspecified atom stereocenters. The standard InChI is InChI=1S/C23H28N4O5.2ClH.H2O/c1-30-20-8-3-15(11-21(20)31-2)9-10-25-12-17(28)14-32-18-6-4-16(5-7-18)23-26-13-19(27-23)22(24)29;;;/h3-8,11,13,17,25,28H,9-10,12,14H2,1-2H3,(H2,24,29)(H,26,27);2*1H;1H2. The first-order valence-electron chi connectivity index (χ1n) is 10.2. The summed E-state index contributed by atoms with van der Waals surface area (Å²) in [6, 6.07) is 13.0. The molecule has 1 amide bonds. The van der Waals surface area contributed by atoms with Crippen LogP contribution in [0.25, 0.3) is 11.4 Å². The third-order valence-electron chi connectivity index (χ3n) is 4.82. The Morgan fingerprint density at radius 2 is 1.80 bits per heavy atom. The van der Waals surface area contributed by atoms with E-state index in [-0.39, 0.29) is 42.6 Å². The number of methoxy groups -OCH3 is 2. The van der Waals surface area contributed by atoms with Crippen molar-refractivity contribution in [2.75, 3.05) is 33.9 Å². The molecule has 0 spiro atoms. The van der Waals surface area contributed by atoms with E-state index in [1.807, 2.05) is 30.3 Å². The highest BCUT2D eigenvalue weighted by Gasteiger charge is 2.09. The van der Waals surface area contributed by atoms with Gasteiger partial charge in [0.25, 0.3) is 5.91 Å². The second kappa shape index (κ2) is 15.8. The molecule has 7 N–H and O–H groups in total. The first-order chi connectivity index (χ1) is 15.5. The fourth-order valence-electron chi connectivity index (χ4n) is 3.09. The Bertz CT molecular complexity index is 1030. The molecule has 3 rings (SSSR count). The number of primary amides is 1.